The smallest absolute Gasteiger partial charge is 0.255 e. The number of benzene rings is 1. The summed E-state index contributed by atoms with van der Waals surface area (Å²) in [5.41, 5.74) is 2.21. The lowest BCUT2D eigenvalue weighted by atomic mass is 9.87. The normalized spacial score (nSPS) is 17.8. The molecule has 6 nitrogen and oxygen atoms in total. The molecule has 1 aromatic carbocycles. The van der Waals surface area contributed by atoms with E-state index in [0.29, 0.717) is 17.2 Å². The highest BCUT2D eigenvalue weighted by Crippen LogP contribution is 2.29. The number of likely N-dealkylation sites (tertiary alicyclic amines) is 1. The van der Waals surface area contributed by atoms with E-state index < -0.39 is 0 Å². The van der Waals surface area contributed by atoms with E-state index >= 15 is 0 Å². The third-order valence-corrected chi connectivity index (χ3v) is 7.71. The topological polar surface area (TPSA) is 67.2 Å². The first-order valence-corrected chi connectivity index (χ1v) is 12.9. The van der Waals surface area contributed by atoms with E-state index in [1.807, 2.05) is 58.9 Å². The van der Waals surface area contributed by atoms with Crippen LogP contribution in [0.15, 0.2) is 54.0 Å². The Bertz CT molecular complexity index is 1080. The van der Waals surface area contributed by atoms with E-state index in [-0.39, 0.29) is 17.9 Å². The molecule has 7 heteroatoms. The summed E-state index contributed by atoms with van der Waals surface area (Å²) in [4.78, 5) is 29.1. The second-order valence-corrected chi connectivity index (χ2v) is 10.0. The van der Waals surface area contributed by atoms with E-state index in [1.54, 1.807) is 16.0 Å². The second kappa shape index (κ2) is 9.91. The number of carbonyl (C=O) groups is 2. The summed E-state index contributed by atoms with van der Waals surface area (Å²) in [6.45, 7) is 1.45. The zero-order chi connectivity index (χ0) is 22.6. The molecular weight excluding hydrogens is 432 g/mol. The van der Waals surface area contributed by atoms with Crippen molar-refractivity contribution >= 4 is 23.2 Å². The van der Waals surface area contributed by atoms with Crippen LogP contribution in [0.25, 0.3) is 16.3 Å². The van der Waals surface area contributed by atoms with Crippen molar-refractivity contribution in [1.82, 2.24) is 20.0 Å². The molecule has 1 saturated carbocycles. The molecule has 2 aromatic heterocycles. The van der Waals surface area contributed by atoms with Crippen LogP contribution in [0.1, 0.15) is 55.3 Å². The van der Waals surface area contributed by atoms with Gasteiger partial charge in [0.05, 0.1) is 16.1 Å². The van der Waals surface area contributed by atoms with Gasteiger partial charge in [0.25, 0.3) is 5.91 Å². The zero-order valence-electron chi connectivity index (χ0n) is 18.8. The highest BCUT2D eigenvalue weighted by Gasteiger charge is 2.30. The lowest BCUT2D eigenvalue weighted by Gasteiger charge is -2.35. The van der Waals surface area contributed by atoms with Gasteiger partial charge in [0.2, 0.25) is 5.91 Å². The summed E-state index contributed by atoms with van der Waals surface area (Å²) in [7, 11) is 0. The maximum atomic E-state index is 13.3. The van der Waals surface area contributed by atoms with Crippen LogP contribution in [-0.2, 0) is 4.79 Å². The molecule has 1 saturated heterocycles. The molecule has 0 spiro atoms. The number of nitrogens with zero attached hydrogens (tertiary/aromatic N) is 3. The Morgan fingerprint density at radius 1 is 0.939 bits per heavy atom. The quantitative estimate of drug-likeness (QED) is 0.586. The fraction of sp³-hybridized carbons (Fsp3) is 0.423. The number of hydrogen-bond donors (Lipinski definition) is 1. The summed E-state index contributed by atoms with van der Waals surface area (Å²) in [6, 6.07) is 13.9. The summed E-state index contributed by atoms with van der Waals surface area (Å²) in [6.07, 6.45) is 9.08. The Kier molecular flexibility index (Phi) is 6.58. The van der Waals surface area contributed by atoms with Crippen LogP contribution >= 0.6 is 11.3 Å². The van der Waals surface area contributed by atoms with Crippen LogP contribution in [0, 0.1) is 5.92 Å². The number of aromatic nitrogens is 2. The van der Waals surface area contributed by atoms with Crippen molar-refractivity contribution < 1.29 is 9.59 Å². The molecule has 3 aromatic rings. The monoisotopic (exact) mass is 462 g/mol. The zero-order valence-corrected chi connectivity index (χ0v) is 19.6. The highest BCUT2D eigenvalue weighted by molar-refractivity contribution is 7.13. The van der Waals surface area contributed by atoms with Gasteiger partial charge in [-0.3, -0.25) is 9.59 Å². The number of rotatable bonds is 5. The molecule has 5 rings (SSSR count). The fourth-order valence-electron chi connectivity index (χ4n) is 4.96. The molecule has 2 aliphatic rings. The van der Waals surface area contributed by atoms with Gasteiger partial charge in [-0.25, -0.2) is 4.68 Å². The number of hydrogen-bond acceptors (Lipinski definition) is 4. The molecule has 172 valence electrons. The van der Waals surface area contributed by atoms with Crippen molar-refractivity contribution in [3.05, 3.63) is 59.6 Å². The van der Waals surface area contributed by atoms with Crippen molar-refractivity contribution in [1.29, 1.82) is 0 Å². The Hall–Kier alpha value is -2.93. The second-order valence-electron chi connectivity index (χ2n) is 9.06. The number of carbonyl (C=O) groups excluding carboxylic acids is 2. The van der Waals surface area contributed by atoms with Crippen LogP contribution in [0.4, 0.5) is 0 Å². The van der Waals surface area contributed by atoms with Crippen molar-refractivity contribution in [2.24, 2.45) is 5.92 Å². The van der Waals surface area contributed by atoms with Gasteiger partial charge in [-0.15, -0.1) is 11.3 Å². The summed E-state index contributed by atoms with van der Waals surface area (Å²) in [5, 5.41) is 9.95. The van der Waals surface area contributed by atoms with Gasteiger partial charge in [-0.1, -0.05) is 43.5 Å². The highest BCUT2D eigenvalue weighted by atomic mass is 32.1. The van der Waals surface area contributed by atoms with Crippen molar-refractivity contribution in [3.63, 3.8) is 0 Å². The molecule has 1 N–H and O–H groups in total. The Morgan fingerprint density at radius 3 is 2.39 bits per heavy atom. The molecule has 2 fully saturated rings. The van der Waals surface area contributed by atoms with Gasteiger partial charge >= 0.3 is 0 Å². The molecule has 0 bridgehead atoms. The van der Waals surface area contributed by atoms with Gasteiger partial charge in [0.1, 0.15) is 5.69 Å². The minimum absolute atomic E-state index is 0.0733. The van der Waals surface area contributed by atoms with Gasteiger partial charge < -0.3 is 10.2 Å². The predicted octanol–water partition coefficient (Wildman–Crippen LogP) is 4.90. The maximum absolute atomic E-state index is 13.3. The van der Waals surface area contributed by atoms with Crippen molar-refractivity contribution in [2.45, 2.75) is 51.0 Å². The predicted molar refractivity (Wildman–Crippen MR) is 131 cm³/mol. The molecule has 1 aliphatic carbocycles. The largest absolute Gasteiger partial charge is 0.349 e. The number of thiophene rings is 1. The van der Waals surface area contributed by atoms with Gasteiger partial charge in [0, 0.05) is 31.2 Å². The van der Waals surface area contributed by atoms with Gasteiger partial charge in [-0.2, -0.15) is 5.10 Å². The Morgan fingerprint density at radius 2 is 1.70 bits per heavy atom. The molecule has 0 atom stereocenters. The van der Waals surface area contributed by atoms with E-state index in [4.69, 9.17) is 5.10 Å². The van der Waals surface area contributed by atoms with E-state index in [0.717, 1.165) is 49.3 Å². The minimum atomic E-state index is -0.0994. The molecular formula is C26H30N4O2S. The first-order chi connectivity index (χ1) is 16.2. The van der Waals surface area contributed by atoms with Crippen LogP contribution in [0.3, 0.4) is 0 Å². The Balaban J connectivity index is 1.26. The standard InChI is InChI=1S/C26H30N4O2S/c31-25(27-20-13-15-29(16-14-20)26(32)19-8-3-1-4-9-19)22-18-30(21-10-5-2-6-11-21)28-24(22)23-12-7-17-33-23/h2,5-7,10-12,17-20H,1,3-4,8-9,13-16H2,(H,27,31). The lowest BCUT2D eigenvalue weighted by molar-refractivity contribution is -0.137. The number of piperidine rings is 1. The third-order valence-electron chi connectivity index (χ3n) is 6.83. The van der Waals surface area contributed by atoms with Crippen LogP contribution in [0.5, 0.6) is 0 Å². The average molecular weight is 463 g/mol. The van der Waals surface area contributed by atoms with E-state index in [2.05, 4.69) is 5.32 Å². The van der Waals surface area contributed by atoms with Gasteiger partial charge in [0.15, 0.2) is 0 Å². The Labute approximate surface area is 198 Å². The first-order valence-electron chi connectivity index (χ1n) is 12.0. The average Bonchev–Trinajstić information content (AvgIpc) is 3.55. The number of amides is 2. The van der Waals surface area contributed by atoms with E-state index in [9.17, 15) is 9.59 Å². The third kappa shape index (κ3) is 4.88. The van der Waals surface area contributed by atoms with Crippen LogP contribution in [0.2, 0.25) is 0 Å². The molecule has 1 aliphatic heterocycles. The van der Waals surface area contributed by atoms with Crippen LogP contribution < -0.4 is 5.32 Å². The summed E-state index contributed by atoms with van der Waals surface area (Å²) < 4.78 is 1.77. The molecule has 0 unspecified atom stereocenters. The minimum Gasteiger partial charge on any atom is -0.349 e. The summed E-state index contributed by atoms with van der Waals surface area (Å²) in [5.74, 6) is 0.434. The summed E-state index contributed by atoms with van der Waals surface area (Å²) >= 11 is 1.58. The van der Waals surface area contributed by atoms with Gasteiger partial charge in [-0.05, 0) is 49.3 Å². The lowest BCUT2D eigenvalue weighted by Crippen LogP contribution is -2.48. The molecule has 0 radical (unpaired) electrons. The fourth-order valence-corrected chi connectivity index (χ4v) is 5.69. The van der Waals surface area contributed by atoms with Crippen molar-refractivity contribution in [2.75, 3.05) is 13.1 Å². The molecule has 33 heavy (non-hydrogen) atoms. The number of para-hydroxylation sites is 1. The molecule has 2 amide bonds. The van der Waals surface area contributed by atoms with Crippen LogP contribution in [-0.4, -0.2) is 45.6 Å². The first kappa shape index (κ1) is 21.9. The molecule has 3 heterocycles. The van der Waals surface area contributed by atoms with E-state index in [1.165, 1.54) is 19.3 Å². The number of nitrogens with one attached hydrogen (secondary N) is 1. The maximum Gasteiger partial charge on any atom is 0.255 e. The van der Waals surface area contributed by atoms with Crippen molar-refractivity contribution in [3.8, 4) is 16.3 Å². The SMILES string of the molecule is O=C(NC1CCN(C(=O)C2CCCCC2)CC1)c1cn(-c2ccccc2)nc1-c1cccs1.